The van der Waals surface area contributed by atoms with Crippen molar-refractivity contribution in [2.24, 2.45) is 0 Å². The number of hydrogen-bond acceptors (Lipinski definition) is 4. The molecule has 1 aliphatic rings. The van der Waals surface area contributed by atoms with Gasteiger partial charge < -0.3 is 10.1 Å². The molecule has 0 saturated carbocycles. The van der Waals surface area contributed by atoms with Crippen LogP contribution < -0.4 is 10.1 Å². The predicted octanol–water partition coefficient (Wildman–Crippen LogP) is 2.18. The third kappa shape index (κ3) is 3.31. The summed E-state index contributed by atoms with van der Waals surface area (Å²) in [6, 6.07) is 11.1. The first-order valence-electron chi connectivity index (χ1n) is 7.17. The number of pyridine rings is 1. The van der Waals surface area contributed by atoms with Crippen molar-refractivity contribution in [2.75, 3.05) is 0 Å². The minimum absolute atomic E-state index is 0.0775. The number of nitrogens with one attached hydrogen (secondary N) is 1. The number of para-hydroxylation sites is 1. The summed E-state index contributed by atoms with van der Waals surface area (Å²) in [7, 11) is 0. The second-order valence-corrected chi connectivity index (χ2v) is 5.25. The number of rotatable bonds is 4. The van der Waals surface area contributed by atoms with Crippen LogP contribution in [0.4, 0.5) is 0 Å². The average Bonchev–Trinajstić information content (AvgIpc) is 2.54. The first-order chi connectivity index (χ1) is 10.7. The topological polar surface area (TPSA) is 68.3 Å². The number of carbonyl (C=O) groups is 2. The number of amides is 1. The summed E-state index contributed by atoms with van der Waals surface area (Å²) in [5, 5.41) is 2.87. The lowest BCUT2D eigenvalue weighted by Crippen LogP contribution is -2.28. The molecule has 0 spiro atoms. The van der Waals surface area contributed by atoms with Gasteiger partial charge in [-0.1, -0.05) is 18.2 Å². The number of esters is 1. The molecule has 2 aromatic rings. The molecule has 0 saturated heterocycles. The molecule has 1 amide bonds. The maximum absolute atomic E-state index is 12.1. The molecule has 0 fully saturated rings. The molecule has 1 N–H and O–H groups in total. The van der Waals surface area contributed by atoms with Crippen molar-refractivity contribution in [1.82, 2.24) is 10.3 Å². The van der Waals surface area contributed by atoms with Crippen LogP contribution in [0.25, 0.3) is 0 Å². The number of benzene rings is 1. The van der Waals surface area contributed by atoms with E-state index in [-0.39, 0.29) is 30.6 Å². The second-order valence-electron chi connectivity index (χ2n) is 5.25. The Morgan fingerprint density at radius 1 is 1.23 bits per heavy atom. The molecule has 0 bridgehead atoms. The van der Waals surface area contributed by atoms with E-state index in [1.54, 1.807) is 18.5 Å². The van der Waals surface area contributed by atoms with Gasteiger partial charge in [-0.05, 0) is 29.3 Å². The summed E-state index contributed by atoms with van der Waals surface area (Å²) < 4.78 is 5.20. The monoisotopic (exact) mass is 296 g/mol. The van der Waals surface area contributed by atoms with Crippen molar-refractivity contribution < 1.29 is 14.3 Å². The Balaban J connectivity index is 1.63. The second kappa shape index (κ2) is 6.39. The molecule has 0 radical (unpaired) electrons. The fraction of sp³-hybridized carbons (Fsp3) is 0.235. The quantitative estimate of drug-likeness (QED) is 0.693. The van der Waals surface area contributed by atoms with Gasteiger partial charge in [0.1, 0.15) is 5.75 Å². The van der Waals surface area contributed by atoms with E-state index in [4.69, 9.17) is 4.74 Å². The summed E-state index contributed by atoms with van der Waals surface area (Å²) >= 11 is 0. The highest BCUT2D eigenvalue weighted by Gasteiger charge is 2.28. The molecule has 1 unspecified atom stereocenters. The zero-order valence-electron chi connectivity index (χ0n) is 12.0. The molecule has 1 aromatic carbocycles. The van der Waals surface area contributed by atoms with Crippen LogP contribution in [-0.4, -0.2) is 16.9 Å². The third-order valence-electron chi connectivity index (χ3n) is 3.67. The minimum Gasteiger partial charge on any atom is -0.426 e. The van der Waals surface area contributed by atoms with Crippen LogP contribution in [0.3, 0.4) is 0 Å². The molecule has 1 aliphatic heterocycles. The van der Waals surface area contributed by atoms with Gasteiger partial charge in [-0.3, -0.25) is 14.6 Å². The lowest BCUT2D eigenvalue weighted by Gasteiger charge is -2.23. The Morgan fingerprint density at radius 2 is 2.00 bits per heavy atom. The Hall–Kier alpha value is -2.69. The summed E-state index contributed by atoms with van der Waals surface area (Å²) in [5.74, 6) is 0.0672. The zero-order chi connectivity index (χ0) is 15.4. The first kappa shape index (κ1) is 14.3. The van der Waals surface area contributed by atoms with E-state index < -0.39 is 0 Å². The average molecular weight is 296 g/mol. The number of fused-ring (bicyclic) bond motifs is 1. The lowest BCUT2D eigenvalue weighted by atomic mass is 9.89. The van der Waals surface area contributed by atoms with Crippen LogP contribution in [0, 0.1) is 0 Å². The highest BCUT2D eigenvalue weighted by molar-refractivity contribution is 5.81. The molecule has 1 aromatic heterocycles. The lowest BCUT2D eigenvalue weighted by molar-refractivity contribution is -0.136. The summed E-state index contributed by atoms with van der Waals surface area (Å²) in [4.78, 5) is 27.7. The fourth-order valence-electron chi connectivity index (χ4n) is 2.57. The molecule has 0 aliphatic carbocycles. The van der Waals surface area contributed by atoms with Gasteiger partial charge in [-0.25, -0.2) is 0 Å². The van der Waals surface area contributed by atoms with Crippen molar-refractivity contribution >= 4 is 11.9 Å². The van der Waals surface area contributed by atoms with Crippen molar-refractivity contribution in [3.63, 3.8) is 0 Å². The van der Waals surface area contributed by atoms with Crippen molar-refractivity contribution in [2.45, 2.75) is 25.3 Å². The number of nitrogens with zero attached hydrogens (tertiary/aromatic N) is 1. The summed E-state index contributed by atoms with van der Waals surface area (Å²) in [5.41, 5.74) is 1.91. The van der Waals surface area contributed by atoms with Gasteiger partial charge in [-0.2, -0.15) is 0 Å². The Labute approximate surface area is 128 Å². The molecule has 5 heteroatoms. The number of aromatic nitrogens is 1. The smallest absolute Gasteiger partial charge is 0.311 e. The molecular formula is C17H16N2O3. The number of ether oxygens (including phenoxy) is 1. The van der Waals surface area contributed by atoms with Gasteiger partial charge in [0, 0.05) is 31.3 Å². The molecule has 1 atom stereocenters. The van der Waals surface area contributed by atoms with Gasteiger partial charge in [0.25, 0.3) is 0 Å². The minimum atomic E-state index is -0.286. The maximum atomic E-state index is 12.1. The van der Waals surface area contributed by atoms with E-state index in [9.17, 15) is 9.59 Å². The summed E-state index contributed by atoms with van der Waals surface area (Å²) in [6.45, 7) is 0.458. The standard InChI is InChI=1S/C17H16N2O3/c20-16(19-11-12-5-7-18-8-6-12)9-13-10-17(21)22-15-4-2-1-3-14(13)15/h1-8,13H,9-11H2,(H,19,20). The van der Waals surface area contributed by atoms with Crippen LogP contribution in [0.15, 0.2) is 48.8 Å². The molecule has 112 valence electrons. The van der Waals surface area contributed by atoms with Gasteiger partial charge in [-0.15, -0.1) is 0 Å². The first-order valence-corrected chi connectivity index (χ1v) is 7.17. The highest BCUT2D eigenvalue weighted by Crippen LogP contribution is 2.35. The van der Waals surface area contributed by atoms with Crippen molar-refractivity contribution in [3.8, 4) is 5.75 Å². The highest BCUT2D eigenvalue weighted by atomic mass is 16.5. The van der Waals surface area contributed by atoms with Gasteiger partial charge >= 0.3 is 5.97 Å². The predicted molar refractivity (Wildman–Crippen MR) is 80.1 cm³/mol. The molecule has 2 heterocycles. The van der Waals surface area contributed by atoms with E-state index in [0.717, 1.165) is 11.1 Å². The molecule has 3 rings (SSSR count). The fourth-order valence-corrected chi connectivity index (χ4v) is 2.57. The van der Waals surface area contributed by atoms with Gasteiger partial charge in [0.2, 0.25) is 5.91 Å². The van der Waals surface area contributed by atoms with Crippen LogP contribution in [0.5, 0.6) is 5.75 Å². The van der Waals surface area contributed by atoms with Gasteiger partial charge in [0.15, 0.2) is 0 Å². The SMILES string of the molecule is O=C(CC1CC(=O)Oc2ccccc21)NCc1ccncc1. The molecular weight excluding hydrogens is 280 g/mol. The van der Waals surface area contributed by atoms with Crippen LogP contribution in [-0.2, 0) is 16.1 Å². The van der Waals surface area contributed by atoms with Gasteiger partial charge in [0.05, 0.1) is 6.42 Å². The summed E-state index contributed by atoms with van der Waals surface area (Å²) in [6.07, 6.45) is 3.89. The van der Waals surface area contributed by atoms with E-state index >= 15 is 0 Å². The maximum Gasteiger partial charge on any atom is 0.311 e. The molecule has 22 heavy (non-hydrogen) atoms. The van der Waals surface area contributed by atoms with E-state index in [0.29, 0.717) is 12.3 Å². The van der Waals surface area contributed by atoms with E-state index in [1.165, 1.54) is 0 Å². The van der Waals surface area contributed by atoms with Crippen molar-refractivity contribution in [3.05, 3.63) is 59.9 Å². The third-order valence-corrected chi connectivity index (χ3v) is 3.67. The van der Waals surface area contributed by atoms with E-state index in [2.05, 4.69) is 10.3 Å². The zero-order valence-corrected chi connectivity index (χ0v) is 12.0. The Morgan fingerprint density at radius 3 is 2.82 bits per heavy atom. The van der Waals surface area contributed by atoms with Crippen LogP contribution >= 0.6 is 0 Å². The van der Waals surface area contributed by atoms with Crippen LogP contribution in [0.1, 0.15) is 29.9 Å². The normalized spacial score (nSPS) is 16.5. The van der Waals surface area contributed by atoms with Crippen LogP contribution in [0.2, 0.25) is 0 Å². The Bertz CT molecular complexity index is 685. The number of carbonyl (C=O) groups excluding carboxylic acids is 2. The number of hydrogen-bond donors (Lipinski definition) is 1. The van der Waals surface area contributed by atoms with Crippen molar-refractivity contribution in [1.29, 1.82) is 0 Å². The Kier molecular flexibility index (Phi) is 4.14. The largest absolute Gasteiger partial charge is 0.426 e. The molecule has 5 nitrogen and oxygen atoms in total. The van der Waals surface area contributed by atoms with E-state index in [1.807, 2.05) is 30.3 Å².